The number of hydrogen-bond donors (Lipinski definition) is 0. The van der Waals surface area contributed by atoms with Gasteiger partial charge in [-0.2, -0.15) is 24.5 Å². The van der Waals surface area contributed by atoms with E-state index in [0.717, 1.165) is 50.7 Å². The Kier molecular flexibility index (Phi) is 5.83. The fourth-order valence-corrected chi connectivity index (χ4v) is 4.86. The minimum absolute atomic E-state index is 0.0959. The molecule has 4 nitrogen and oxygen atoms in total. The smallest absolute Gasteiger partial charge is 0.369 e. The maximum Gasteiger partial charge on any atom is 0.416 e. The molecule has 29 heavy (non-hydrogen) atoms. The highest BCUT2D eigenvalue weighted by molar-refractivity contribution is 7.08. The summed E-state index contributed by atoms with van der Waals surface area (Å²) in [5.74, 6) is 0.0959. The number of piperidine rings is 1. The van der Waals surface area contributed by atoms with E-state index < -0.39 is 11.7 Å². The average molecular weight is 424 g/mol. The number of carbonyl (C=O) groups excluding carboxylic acids is 1. The molecule has 2 fully saturated rings. The van der Waals surface area contributed by atoms with Gasteiger partial charge in [0.15, 0.2) is 0 Å². The summed E-state index contributed by atoms with van der Waals surface area (Å²) in [7, 11) is 0. The third-order valence-electron chi connectivity index (χ3n) is 5.82. The molecule has 1 atom stereocenters. The Bertz CT molecular complexity index is 832. The van der Waals surface area contributed by atoms with Crippen LogP contribution in [0.25, 0.3) is 0 Å². The van der Waals surface area contributed by atoms with Gasteiger partial charge in [-0.3, -0.25) is 9.69 Å². The first-order chi connectivity index (χ1) is 13.9. The van der Waals surface area contributed by atoms with Gasteiger partial charge in [-0.05, 0) is 42.5 Å². The van der Waals surface area contributed by atoms with Crippen molar-refractivity contribution in [1.29, 1.82) is 0 Å². The van der Waals surface area contributed by atoms with Crippen LogP contribution in [0.2, 0.25) is 0 Å². The molecule has 1 aromatic carbocycles. The molecule has 8 heteroatoms. The third-order valence-corrected chi connectivity index (χ3v) is 6.50. The zero-order chi connectivity index (χ0) is 20.4. The molecule has 4 rings (SSSR count). The second kappa shape index (κ2) is 8.36. The molecule has 2 aliphatic rings. The molecule has 0 N–H and O–H groups in total. The van der Waals surface area contributed by atoms with Gasteiger partial charge in [0.1, 0.15) is 0 Å². The Morgan fingerprint density at radius 2 is 1.86 bits per heavy atom. The van der Waals surface area contributed by atoms with E-state index >= 15 is 0 Å². The van der Waals surface area contributed by atoms with Crippen LogP contribution in [0.1, 0.15) is 28.8 Å². The minimum Gasteiger partial charge on any atom is -0.369 e. The number of alkyl halides is 3. The number of benzene rings is 1. The zero-order valence-corrected chi connectivity index (χ0v) is 16.9. The number of piperazine rings is 1. The Morgan fingerprint density at radius 1 is 1.07 bits per heavy atom. The van der Waals surface area contributed by atoms with Gasteiger partial charge >= 0.3 is 6.18 Å². The fourth-order valence-electron chi connectivity index (χ4n) is 4.23. The van der Waals surface area contributed by atoms with Gasteiger partial charge in [-0.25, -0.2) is 0 Å². The van der Waals surface area contributed by atoms with E-state index in [0.29, 0.717) is 24.8 Å². The molecule has 156 valence electrons. The molecule has 2 aromatic rings. The van der Waals surface area contributed by atoms with Crippen molar-refractivity contribution in [3.8, 4) is 0 Å². The van der Waals surface area contributed by atoms with Crippen molar-refractivity contribution >= 4 is 22.9 Å². The molecule has 2 aliphatic heterocycles. The standard InChI is InChI=1S/C21H24F3N3OS/c22-21(23,24)17-3-1-4-18(13-17)25-8-10-26(11-9-25)19-5-2-7-27(14-19)20(28)16-6-12-29-15-16/h1,3-4,6,12-13,15,19H,2,5,7-11,14H2/t19-/m0/s1. The number of halogens is 3. The van der Waals surface area contributed by atoms with Crippen molar-refractivity contribution in [3.05, 3.63) is 52.2 Å². The zero-order valence-electron chi connectivity index (χ0n) is 16.1. The normalized spacial score (nSPS) is 21.4. The summed E-state index contributed by atoms with van der Waals surface area (Å²) >= 11 is 1.53. The fraction of sp³-hybridized carbons (Fsp3) is 0.476. The topological polar surface area (TPSA) is 26.8 Å². The van der Waals surface area contributed by atoms with Crippen molar-refractivity contribution in [1.82, 2.24) is 9.80 Å². The Hall–Kier alpha value is -2.06. The summed E-state index contributed by atoms with van der Waals surface area (Å²) < 4.78 is 39.0. The molecule has 0 saturated carbocycles. The SMILES string of the molecule is O=C(c1ccsc1)N1CCC[C@H](N2CCN(c3cccc(C(F)(F)F)c3)CC2)C1. The number of rotatable bonds is 3. The third kappa shape index (κ3) is 4.59. The summed E-state index contributed by atoms with van der Waals surface area (Å²) in [6.45, 7) is 4.48. The predicted octanol–water partition coefficient (Wildman–Crippen LogP) is 4.19. The molecule has 0 unspecified atom stereocenters. The van der Waals surface area contributed by atoms with Crippen molar-refractivity contribution in [3.63, 3.8) is 0 Å². The molecule has 0 bridgehead atoms. The van der Waals surface area contributed by atoms with E-state index in [1.54, 1.807) is 6.07 Å². The summed E-state index contributed by atoms with van der Waals surface area (Å²) in [4.78, 5) is 19.0. The number of hydrogen-bond acceptors (Lipinski definition) is 4. The van der Waals surface area contributed by atoms with Crippen molar-refractivity contribution < 1.29 is 18.0 Å². The molecular formula is C21H24F3N3OS. The predicted molar refractivity (Wildman–Crippen MR) is 108 cm³/mol. The molecule has 1 amide bonds. The maximum atomic E-state index is 13.0. The van der Waals surface area contributed by atoms with Gasteiger partial charge in [0.05, 0.1) is 11.1 Å². The number of amides is 1. The van der Waals surface area contributed by atoms with Crippen molar-refractivity contribution in [2.45, 2.75) is 25.1 Å². The van der Waals surface area contributed by atoms with Gasteiger partial charge in [0.2, 0.25) is 0 Å². The molecule has 1 aromatic heterocycles. The Labute approximate surface area is 172 Å². The van der Waals surface area contributed by atoms with Crippen molar-refractivity contribution in [2.75, 3.05) is 44.2 Å². The molecule has 0 aliphatic carbocycles. The Morgan fingerprint density at radius 3 is 2.55 bits per heavy atom. The van der Waals surface area contributed by atoms with Crippen molar-refractivity contribution in [2.24, 2.45) is 0 Å². The lowest BCUT2D eigenvalue weighted by molar-refractivity contribution is -0.137. The summed E-state index contributed by atoms with van der Waals surface area (Å²) in [5, 5.41) is 3.81. The van der Waals surface area contributed by atoms with Crippen LogP contribution >= 0.6 is 11.3 Å². The highest BCUT2D eigenvalue weighted by Gasteiger charge is 2.32. The first-order valence-electron chi connectivity index (χ1n) is 9.89. The lowest BCUT2D eigenvalue weighted by atomic mass is 10.0. The number of carbonyl (C=O) groups is 1. The molecule has 2 saturated heterocycles. The summed E-state index contributed by atoms with van der Waals surface area (Å²) in [5.41, 5.74) is 0.773. The minimum atomic E-state index is -4.32. The average Bonchev–Trinajstić information content (AvgIpc) is 3.28. The van der Waals surface area contributed by atoms with Crippen LogP contribution in [-0.4, -0.2) is 61.0 Å². The van der Waals surface area contributed by atoms with Gasteiger partial charge < -0.3 is 9.80 Å². The number of anilines is 1. The molecule has 0 spiro atoms. The second-order valence-electron chi connectivity index (χ2n) is 7.63. The summed E-state index contributed by atoms with van der Waals surface area (Å²) in [6.07, 6.45) is -2.29. The van der Waals surface area contributed by atoms with E-state index in [2.05, 4.69) is 4.90 Å². The molecule has 3 heterocycles. The summed E-state index contributed by atoms with van der Waals surface area (Å²) in [6, 6.07) is 7.74. The van der Waals surface area contributed by atoms with Gasteiger partial charge in [-0.1, -0.05) is 6.07 Å². The first-order valence-corrected chi connectivity index (χ1v) is 10.8. The maximum absolute atomic E-state index is 13.0. The van der Waals surface area contributed by atoms with E-state index in [-0.39, 0.29) is 5.91 Å². The van der Waals surface area contributed by atoms with Crippen LogP contribution in [-0.2, 0) is 6.18 Å². The largest absolute Gasteiger partial charge is 0.416 e. The van der Waals surface area contributed by atoms with Crippen LogP contribution < -0.4 is 4.90 Å². The molecular weight excluding hydrogens is 399 g/mol. The van der Waals surface area contributed by atoms with Crippen LogP contribution in [0.5, 0.6) is 0 Å². The van der Waals surface area contributed by atoms with Gasteiger partial charge in [0, 0.05) is 56.4 Å². The van der Waals surface area contributed by atoms with E-state index in [4.69, 9.17) is 0 Å². The number of nitrogens with zero attached hydrogens (tertiary/aromatic N) is 3. The van der Waals surface area contributed by atoms with E-state index in [9.17, 15) is 18.0 Å². The Balaban J connectivity index is 1.35. The second-order valence-corrected chi connectivity index (χ2v) is 8.41. The van der Waals surface area contributed by atoms with Crippen LogP contribution in [0.4, 0.5) is 18.9 Å². The lowest BCUT2D eigenvalue weighted by Gasteiger charge is -2.44. The first kappa shape index (κ1) is 20.2. The lowest BCUT2D eigenvalue weighted by Crippen LogP contribution is -2.55. The van der Waals surface area contributed by atoms with E-state index in [1.165, 1.54) is 23.5 Å². The quantitative estimate of drug-likeness (QED) is 0.741. The van der Waals surface area contributed by atoms with Crippen LogP contribution in [0, 0.1) is 0 Å². The van der Waals surface area contributed by atoms with Gasteiger partial charge in [-0.15, -0.1) is 0 Å². The van der Waals surface area contributed by atoms with Crippen LogP contribution in [0.15, 0.2) is 41.1 Å². The van der Waals surface area contributed by atoms with Crippen LogP contribution in [0.3, 0.4) is 0 Å². The van der Waals surface area contributed by atoms with E-state index in [1.807, 2.05) is 26.6 Å². The number of likely N-dealkylation sites (tertiary alicyclic amines) is 1. The molecule has 0 radical (unpaired) electrons. The highest BCUT2D eigenvalue weighted by Crippen LogP contribution is 2.32. The highest BCUT2D eigenvalue weighted by atomic mass is 32.1. The monoisotopic (exact) mass is 423 g/mol. The van der Waals surface area contributed by atoms with Gasteiger partial charge in [0.25, 0.3) is 5.91 Å². The number of thiophene rings is 1.